The highest BCUT2D eigenvalue weighted by Gasteiger charge is 2.86. The Morgan fingerprint density at radius 2 is 1.07 bits per heavy atom. The molecule has 6 saturated heterocycles. The van der Waals surface area contributed by atoms with E-state index in [1.165, 1.54) is 13.8 Å². The van der Waals surface area contributed by atoms with Crippen molar-refractivity contribution in [1.82, 2.24) is 0 Å². The molecule has 106 heavy (non-hydrogen) atoms. The number of carbonyl (C=O) groups is 3. The summed E-state index contributed by atoms with van der Waals surface area (Å²) in [7, 11) is 0. The summed E-state index contributed by atoms with van der Waals surface area (Å²) in [4.78, 5) is 41.8. The van der Waals surface area contributed by atoms with E-state index in [1.807, 2.05) is 58.0 Å². The van der Waals surface area contributed by atoms with Crippen LogP contribution in [-0.4, -0.2) is 303 Å². The first-order chi connectivity index (χ1) is 49.7. The monoisotopic (exact) mass is 1510 g/mol. The summed E-state index contributed by atoms with van der Waals surface area (Å²) in [6.45, 7) is 18.6. The molecule has 14 unspecified atom stereocenters. The highest BCUT2D eigenvalue weighted by atomic mass is 16.8. The number of esters is 2. The molecule has 1 aromatic carbocycles. The van der Waals surface area contributed by atoms with Crippen LogP contribution in [-0.2, 0) is 82.4 Å². The summed E-state index contributed by atoms with van der Waals surface area (Å²) in [6, 6.07) is 9.41. The van der Waals surface area contributed by atoms with Crippen molar-refractivity contribution in [2.45, 2.75) is 330 Å². The van der Waals surface area contributed by atoms with E-state index in [1.54, 1.807) is 19.9 Å². The van der Waals surface area contributed by atoms with Crippen LogP contribution in [0.1, 0.15) is 140 Å². The average molecular weight is 1510 g/mol. The molecule has 5 aliphatic carbocycles. The van der Waals surface area contributed by atoms with Crippen molar-refractivity contribution in [3.05, 3.63) is 47.5 Å². The number of ether oxygens (including phenoxy) is 13. The van der Waals surface area contributed by atoms with Gasteiger partial charge in [0.05, 0.1) is 48.6 Å². The largest absolute Gasteiger partial charge is 0.479 e. The zero-order chi connectivity index (χ0) is 77.4. The lowest BCUT2D eigenvalue weighted by atomic mass is 9.30. The first kappa shape index (κ1) is 81.8. The first-order valence-corrected chi connectivity index (χ1v) is 37.3. The van der Waals surface area contributed by atoms with Gasteiger partial charge in [0.2, 0.25) is 0 Å². The van der Waals surface area contributed by atoms with Gasteiger partial charge in [0, 0.05) is 28.7 Å². The van der Waals surface area contributed by atoms with Gasteiger partial charge in [-0.25, -0.2) is 9.59 Å². The van der Waals surface area contributed by atoms with Crippen molar-refractivity contribution in [1.29, 1.82) is 0 Å². The minimum Gasteiger partial charge on any atom is -0.479 e. The standard InChI is InChI=1S/C74H112O32/c1-12-30(2)61(92)105-58-59(99-41(78)19-18-33-16-14-13-15-17-33)74-38(26-68(58,5)6)73(106-67(74)93)25-21-37-70(9)23-22-40(69(7,8)36(70)20-24-71(37,10)72(73,11)27-39(74)77)98-66-57(104-63-51(88)47(84)44(81)34(28-75)96-63)53(52(89)54(101-66)60(90)91)100-65-56(49(86)45(82)35(29-76)97-65)103-64-55(48(85)43(80)32(4)95-64)102-62-50(87)46(83)42(79)31(3)94-62/h12-17,31-32,34-40,42-59,62-67,75-77,79-89,93H,18-29H2,1-11H3,(H,90,91)/b30-12-/t31-,32-,34?,35?,36?,37?,38?,39+,40-,42-,43?,44+,45-,46?,47?,48-,49?,50-,51-,52-,53?,54?,55?,56-,57-,58-,59-,62?,63-,64?,65-,66+,67-,70-,71+,72-,73-,74+/m0/s1. The van der Waals surface area contributed by atoms with Gasteiger partial charge in [-0.1, -0.05) is 84.9 Å². The van der Waals surface area contributed by atoms with Crippen molar-refractivity contribution in [3.63, 3.8) is 0 Å². The third-order valence-electron chi connectivity index (χ3n) is 27.5. The molecule has 6 aliphatic heterocycles. The summed E-state index contributed by atoms with van der Waals surface area (Å²) >= 11 is 0. The second-order valence-electron chi connectivity index (χ2n) is 33.9. The minimum atomic E-state index is -2.37. The summed E-state index contributed by atoms with van der Waals surface area (Å²) in [5.74, 6) is -3.96. The molecule has 16 N–H and O–H groups in total. The predicted molar refractivity (Wildman–Crippen MR) is 358 cm³/mol. The Morgan fingerprint density at radius 1 is 0.538 bits per heavy atom. The van der Waals surface area contributed by atoms with Gasteiger partial charge in [-0.3, -0.25) is 4.79 Å². The van der Waals surface area contributed by atoms with E-state index >= 15 is 0 Å². The van der Waals surface area contributed by atoms with Gasteiger partial charge in [0.15, 0.2) is 49.9 Å². The maximum Gasteiger partial charge on any atom is 0.335 e. The lowest BCUT2D eigenvalue weighted by molar-refractivity contribution is -0.412. The first-order valence-electron chi connectivity index (χ1n) is 37.3. The number of fused-ring (bicyclic) bond motifs is 4. The number of aliphatic hydroxyl groups excluding tert-OH is 15. The number of aliphatic hydroxyl groups is 15. The summed E-state index contributed by atoms with van der Waals surface area (Å²) in [5, 5.41) is 183. The van der Waals surface area contributed by atoms with E-state index in [9.17, 15) is 96.1 Å². The third-order valence-corrected chi connectivity index (χ3v) is 27.5. The molecule has 1 aromatic rings. The van der Waals surface area contributed by atoms with E-state index in [4.69, 9.17) is 61.6 Å². The number of aryl methyl sites for hydroxylation is 1. The molecule has 11 fully saturated rings. The molecular formula is C74H112O32. The van der Waals surface area contributed by atoms with Gasteiger partial charge in [0.25, 0.3) is 0 Å². The van der Waals surface area contributed by atoms with Crippen LogP contribution in [0.3, 0.4) is 0 Å². The zero-order valence-corrected chi connectivity index (χ0v) is 61.7. The van der Waals surface area contributed by atoms with Gasteiger partial charge >= 0.3 is 17.9 Å². The van der Waals surface area contributed by atoms with E-state index in [-0.39, 0.29) is 31.1 Å². The Balaban J connectivity index is 0.852. The van der Waals surface area contributed by atoms with Crippen LogP contribution in [0.25, 0.3) is 0 Å². The molecule has 32 nitrogen and oxygen atoms in total. The Bertz CT molecular complexity index is 3290. The maximum atomic E-state index is 14.4. The number of carboxylic acids is 1. The van der Waals surface area contributed by atoms with E-state index in [0.717, 1.165) is 5.56 Å². The van der Waals surface area contributed by atoms with Crippen molar-refractivity contribution in [2.24, 2.45) is 50.2 Å². The Morgan fingerprint density at radius 3 is 1.69 bits per heavy atom. The van der Waals surface area contributed by atoms with Crippen molar-refractivity contribution < 1.29 is 158 Å². The number of carbonyl (C=O) groups excluding carboxylic acids is 2. The van der Waals surface area contributed by atoms with Crippen LogP contribution < -0.4 is 0 Å². The van der Waals surface area contributed by atoms with Gasteiger partial charge in [-0.15, -0.1) is 0 Å². The van der Waals surface area contributed by atoms with E-state index in [0.29, 0.717) is 50.5 Å². The predicted octanol–water partition coefficient (Wildman–Crippen LogP) is -1.42. The van der Waals surface area contributed by atoms with Crippen molar-refractivity contribution in [3.8, 4) is 0 Å². The van der Waals surface area contributed by atoms with Crippen LogP contribution in [0.2, 0.25) is 0 Å². The molecule has 0 aromatic heterocycles. The normalized spacial score (nSPS) is 51.2. The van der Waals surface area contributed by atoms with E-state index in [2.05, 4.69) is 20.8 Å². The fourth-order valence-corrected chi connectivity index (χ4v) is 21.3. The number of carboxylic acid groups (broad SMARTS) is 1. The summed E-state index contributed by atoms with van der Waals surface area (Å²) in [5.41, 5.74) is -5.42. The highest BCUT2D eigenvalue weighted by Crippen LogP contribution is 2.82. The molecule has 38 atom stereocenters. The SMILES string of the molecule is C/C=C(/C)C(=O)O[C@H]1[C@H](OC(=O)CCc2ccccc2)[C@@]23C(CC1(C)C)[C@]1(CCC4[C@@]5(C)CC[C@H](O[C@@H]6OC(C(=O)O)[C@@H](O)C(O[C@@H]7OC(CO)[C@H](O)C(O)[C@@H]7OC7O[C@@H](C)C(O)[C@H](O)C7OC7O[C@@H](C)[C@H](O)C(O)[C@@H]7O)[C@@H]6O[C@@H]6OC(CO)[C@@H](O)C(O)[C@@H]6O)C(C)(C)C5CC[C@@]4(C)[C@]1(C)C[C@H]2O)O[C@@H]3O. The number of benzene rings is 1. The molecule has 32 heteroatoms. The second kappa shape index (κ2) is 30.3. The molecule has 11 aliphatic rings. The lowest BCUT2D eigenvalue weighted by Gasteiger charge is -2.75. The highest BCUT2D eigenvalue weighted by molar-refractivity contribution is 5.88. The number of rotatable bonds is 19. The topological polar surface area (TPSA) is 495 Å². The van der Waals surface area contributed by atoms with Crippen LogP contribution in [0.15, 0.2) is 42.0 Å². The quantitative estimate of drug-likeness (QED) is 0.0429. The molecule has 0 radical (unpaired) electrons. The number of hydrogen-bond donors (Lipinski definition) is 16. The van der Waals surface area contributed by atoms with E-state index < -0.39 is 259 Å². The average Bonchev–Trinajstić information content (AvgIpc) is 1.39. The van der Waals surface area contributed by atoms with Crippen molar-refractivity contribution >= 4 is 17.9 Å². The van der Waals surface area contributed by atoms with Crippen LogP contribution in [0, 0.1) is 50.2 Å². The Kier molecular flexibility index (Phi) is 23.4. The number of aliphatic carboxylic acids is 1. The maximum absolute atomic E-state index is 14.4. The van der Waals surface area contributed by atoms with Gasteiger partial charge in [-0.05, 0) is 119 Å². The zero-order valence-electron chi connectivity index (χ0n) is 61.7. The fraction of sp³-hybridized carbons (Fsp3) is 0.851. The molecule has 0 amide bonds. The van der Waals surface area contributed by atoms with Crippen LogP contribution in [0.4, 0.5) is 0 Å². The van der Waals surface area contributed by atoms with Gasteiger partial charge in [0.1, 0.15) is 110 Å². The molecular weight excluding hydrogens is 1400 g/mol. The molecule has 1 spiro atoms. The molecule has 12 rings (SSSR count). The molecule has 600 valence electrons. The Hall–Kier alpha value is -3.67. The minimum absolute atomic E-state index is 0.0414. The summed E-state index contributed by atoms with van der Waals surface area (Å²) in [6.07, 6.45) is -49.6. The smallest absolute Gasteiger partial charge is 0.335 e. The number of allylic oxidation sites excluding steroid dienone is 1. The summed E-state index contributed by atoms with van der Waals surface area (Å²) < 4.78 is 82.3. The Labute approximate surface area is 614 Å². The molecule has 2 bridgehead atoms. The second-order valence-corrected chi connectivity index (χ2v) is 33.9. The van der Waals surface area contributed by atoms with Crippen molar-refractivity contribution in [2.75, 3.05) is 13.2 Å². The third kappa shape index (κ3) is 13.3. The number of hydrogen-bond acceptors (Lipinski definition) is 31. The van der Waals surface area contributed by atoms with Crippen LogP contribution >= 0.6 is 0 Å². The van der Waals surface area contributed by atoms with Crippen LogP contribution in [0.5, 0.6) is 0 Å². The molecule has 6 heterocycles. The molecule has 5 saturated carbocycles. The van der Waals surface area contributed by atoms with Gasteiger partial charge in [-0.2, -0.15) is 0 Å². The fourth-order valence-electron chi connectivity index (χ4n) is 21.3. The lowest BCUT2D eigenvalue weighted by Crippen LogP contribution is -2.77. The van der Waals surface area contributed by atoms with Gasteiger partial charge < -0.3 is 143 Å².